The van der Waals surface area contributed by atoms with Gasteiger partial charge in [-0.25, -0.2) is 9.99 Å². The first-order valence-electron chi connectivity index (χ1n) is 12.0. The lowest BCUT2D eigenvalue weighted by Gasteiger charge is -2.26. The number of hydrazine groups is 1. The van der Waals surface area contributed by atoms with Crippen LogP contribution in [0.1, 0.15) is 47.4 Å². The molecule has 0 bridgehead atoms. The van der Waals surface area contributed by atoms with Crippen LogP contribution in [-0.2, 0) is 16.5 Å². The molecule has 1 aliphatic rings. The Morgan fingerprint density at radius 1 is 1.10 bits per heavy atom. The van der Waals surface area contributed by atoms with Crippen molar-refractivity contribution in [1.29, 1.82) is 0 Å². The van der Waals surface area contributed by atoms with E-state index in [2.05, 4.69) is 10.4 Å². The zero-order valence-corrected chi connectivity index (χ0v) is 23.1. The summed E-state index contributed by atoms with van der Waals surface area (Å²) in [5, 5.41) is 2.37. The summed E-state index contributed by atoms with van der Waals surface area (Å²) in [6, 6.07) is 8.21. The summed E-state index contributed by atoms with van der Waals surface area (Å²) < 4.78 is 74.0. The highest BCUT2D eigenvalue weighted by molar-refractivity contribution is 7.85. The summed E-state index contributed by atoms with van der Waals surface area (Å²) in [4.78, 5) is 17.2. The third kappa shape index (κ3) is 6.93. The van der Waals surface area contributed by atoms with Gasteiger partial charge in [-0.05, 0) is 68.1 Å². The highest BCUT2D eigenvalue weighted by atomic mass is 35.5. The van der Waals surface area contributed by atoms with Crippen molar-refractivity contribution in [3.63, 3.8) is 0 Å². The number of rotatable bonds is 7. The molecule has 14 heteroatoms. The number of piperidine rings is 1. The summed E-state index contributed by atoms with van der Waals surface area (Å²) in [6.07, 6.45) is -3.63. The molecule has 0 unspecified atom stereocenters. The van der Waals surface area contributed by atoms with E-state index in [4.69, 9.17) is 23.2 Å². The van der Waals surface area contributed by atoms with Gasteiger partial charge in [0, 0.05) is 35.8 Å². The molecular formula is C25H25Cl2F3N4O4S. The molecule has 210 valence electrons. The summed E-state index contributed by atoms with van der Waals surface area (Å²) in [6.45, 7) is 2.97. The monoisotopic (exact) mass is 604 g/mol. The summed E-state index contributed by atoms with van der Waals surface area (Å²) in [7, 11) is -4.81. The zero-order valence-electron chi connectivity index (χ0n) is 20.7. The summed E-state index contributed by atoms with van der Waals surface area (Å²) in [5.74, 6) is -0.286. The lowest BCUT2D eigenvalue weighted by atomic mass is 10.1. The van der Waals surface area contributed by atoms with Crippen LogP contribution in [-0.4, -0.2) is 52.7 Å². The van der Waals surface area contributed by atoms with Gasteiger partial charge in [-0.2, -0.15) is 21.6 Å². The number of benzene rings is 2. The third-order valence-electron chi connectivity index (χ3n) is 6.37. The standard InChI is InChI=1S/C25H25Cl2F3N4O4S/c1-15-22(24(35)32-33-11-3-2-4-12-33)31-23(19-7-5-17(26)14-20(19)27)34(15)18-6-8-21(39(36,37)38)16(13-18)9-10-25(28,29)30/h5-8,13-14H,2-4,9-12H2,1H3,(H,32,35)(H,36,37,38). The largest absolute Gasteiger partial charge is 0.389 e. The number of aryl methyl sites for hydroxylation is 1. The zero-order chi connectivity index (χ0) is 28.5. The minimum absolute atomic E-state index is 0.0530. The van der Waals surface area contributed by atoms with E-state index in [-0.39, 0.29) is 27.8 Å². The molecule has 0 aliphatic carbocycles. The molecule has 0 spiro atoms. The van der Waals surface area contributed by atoms with E-state index in [1.807, 2.05) is 0 Å². The second kappa shape index (κ2) is 11.5. The van der Waals surface area contributed by atoms with Crippen LogP contribution < -0.4 is 5.43 Å². The minimum atomic E-state index is -4.81. The van der Waals surface area contributed by atoms with E-state index in [1.54, 1.807) is 24.1 Å². The molecule has 2 heterocycles. The van der Waals surface area contributed by atoms with E-state index >= 15 is 0 Å². The number of carbonyl (C=O) groups excluding carboxylic acids is 1. The average molecular weight is 605 g/mol. The quantitative estimate of drug-likeness (QED) is 0.319. The van der Waals surface area contributed by atoms with Crippen molar-refractivity contribution < 1.29 is 30.9 Å². The van der Waals surface area contributed by atoms with Crippen LogP contribution in [0, 0.1) is 6.92 Å². The Labute approximate surface area is 233 Å². The molecule has 0 atom stereocenters. The normalized spacial score (nSPS) is 14.9. The van der Waals surface area contributed by atoms with Gasteiger partial charge in [0.05, 0.1) is 15.6 Å². The number of halogens is 5. The number of hydrogen-bond donors (Lipinski definition) is 2. The molecule has 2 N–H and O–H groups in total. The maximum Gasteiger partial charge on any atom is 0.389 e. The molecule has 1 fully saturated rings. The predicted molar refractivity (Wildman–Crippen MR) is 141 cm³/mol. The molecular weight excluding hydrogens is 580 g/mol. The van der Waals surface area contributed by atoms with Crippen LogP contribution in [0.15, 0.2) is 41.3 Å². The fraction of sp³-hybridized carbons (Fsp3) is 0.360. The van der Waals surface area contributed by atoms with Gasteiger partial charge in [0.25, 0.3) is 16.0 Å². The fourth-order valence-electron chi connectivity index (χ4n) is 4.51. The molecule has 4 rings (SSSR count). The molecule has 1 amide bonds. The molecule has 8 nitrogen and oxygen atoms in total. The molecule has 1 aromatic heterocycles. The maximum absolute atomic E-state index is 13.2. The van der Waals surface area contributed by atoms with Crippen molar-refractivity contribution in [2.75, 3.05) is 13.1 Å². The molecule has 0 radical (unpaired) electrons. The number of nitrogens with zero attached hydrogens (tertiary/aromatic N) is 3. The highest BCUT2D eigenvalue weighted by Gasteiger charge is 2.29. The van der Waals surface area contributed by atoms with Crippen molar-refractivity contribution in [3.8, 4) is 17.1 Å². The number of aromatic nitrogens is 2. The number of hydrogen-bond acceptors (Lipinski definition) is 5. The van der Waals surface area contributed by atoms with Crippen LogP contribution in [0.5, 0.6) is 0 Å². The Hall–Kier alpha value is -2.64. The number of alkyl halides is 3. The van der Waals surface area contributed by atoms with Crippen LogP contribution >= 0.6 is 23.2 Å². The predicted octanol–water partition coefficient (Wildman–Crippen LogP) is 6.03. The first-order chi connectivity index (χ1) is 18.2. The maximum atomic E-state index is 13.2. The topological polar surface area (TPSA) is 105 Å². The van der Waals surface area contributed by atoms with Crippen molar-refractivity contribution in [3.05, 3.63) is 63.4 Å². The molecule has 2 aromatic carbocycles. The average Bonchev–Trinajstić information content (AvgIpc) is 3.19. The summed E-state index contributed by atoms with van der Waals surface area (Å²) >= 11 is 12.5. The number of amides is 1. The Morgan fingerprint density at radius 2 is 1.79 bits per heavy atom. The van der Waals surface area contributed by atoms with Crippen LogP contribution in [0.2, 0.25) is 10.0 Å². The molecule has 1 saturated heterocycles. The van der Waals surface area contributed by atoms with Gasteiger partial charge in [-0.1, -0.05) is 29.6 Å². The van der Waals surface area contributed by atoms with Crippen LogP contribution in [0.25, 0.3) is 17.1 Å². The summed E-state index contributed by atoms with van der Waals surface area (Å²) in [5.41, 5.74) is 3.61. The SMILES string of the molecule is Cc1c(C(=O)NN2CCCCC2)nc(-c2ccc(Cl)cc2Cl)n1-c1ccc(S(=O)(=O)O)c(CCC(F)(F)F)c1. The first-order valence-corrected chi connectivity index (χ1v) is 14.2. The second-order valence-corrected chi connectivity index (χ2v) is 11.4. The van der Waals surface area contributed by atoms with E-state index < -0.39 is 39.9 Å². The van der Waals surface area contributed by atoms with E-state index in [1.165, 1.54) is 22.8 Å². The fourth-order valence-corrected chi connectivity index (χ4v) is 5.74. The first kappa shape index (κ1) is 29.3. The van der Waals surface area contributed by atoms with Gasteiger partial charge >= 0.3 is 6.18 Å². The van der Waals surface area contributed by atoms with E-state index in [0.29, 0.717) is 29.4 Å². The Morgan fingerprint density at radius 3 is 2.41 bits per heavy atom. The number of imidazole rings is 1. The highest BCUT2D eigenvalue weighted by Crippen LogP contribution is 2.35. The van der Waals surface area contributed by atoms with Crippen molar-refractivity contribution in [2.45, 2.75) is 50.1 Å². The van der Waals surface area contributed by atoms with Crippen molar-refractivity contribution in [1.82, 2.24) is 20.0 Å². The van der Waals surface area contributed by atoms with Crippen molar-refractivity contribution in [2.24, 2.45) is 0 Å². The van der Waals surface area contributed by atoms with Gasteiger partial charge in [0.2, 0.25) is 0 Å². The van der Waals surface area contributed by atoms with Gasteiger partial charge < -0.3 is 0 Å². The Bertz CT molecular complexity index is 1500. The lowest BCUT2D eigenvalue weighted by molar-refractivity contribution is -0.134. The Balaban J connectivity index is 1.87. The third-order valence-corrected chi connectivity index (χ3v) is 7.87. The van der Waals surface area contributed by atoms with Crippen LogP contribution in [0.4, 0.5) is 13.2 Å². The molecule has 0 saturated carbocycles. The van der Waals surface area contributed by atoms with E-state index in [0.717, 1.165) is 25.3 Å². The molecule has 39 heavy (non-hydrogen) atoms. The van der Waals surface area contributed by atoms with Crippen molar-refractivity contribution >= 4 is 39.2 Å². The minimum Gasteiger partial charge on any atom is -0.296 e. The van der Waals surface area contributed by atoms with Gasteiger partial charge in [-0.15, -0.1) is 0 Å². The molecule has 1 aliphatic heterocycles. The molecule has 3 aromatic rings. The van der Waals surface area contributed by atoms with E-state index in [9.17, 15) is 30.9 Å². The number of carbonyl (C=O) groups is 1. The van der Waals surface area contributed by atoms with Gasteiger partial charge in [0.1, 0.15) is 5.82 Å². The smallest absolute Gasteiger partial charge is 0.296 e. The second-order valence-electron chi connectivity index (χ2n) is 9.20. The van der Waals surface area contributed by atoms with Gasteiger partial charge in [0.15, 0.2) is 5.69 Å². The van der Waals surface area contributed by atoms with Crippen LogP contribution in [0.3, 0.4) is 0 Å². The lowest BCUT2D eigenvalue weighted by Crippen LogP contribution is -2.45. The van der Waals surface area contributed by atoms with Gasteiger partial charge in [-0.3, -0.25) is 19.3 Å². The Kier molecular flexibility index (Phi) is 8.62. The number of nitrogens with one attached hydrogen (secondary N) is 1.